The van der Waals surface area contributed by atoms with Crippen molar-refractivity contribution in [3.8, 4) is 11.8 Å². The van der Waals surface area contributed by atoms with E-state index < -0.39 is 60.2 Å². The lowest BCUT2D eigenvalue weighted by Gasteiger charge is -2.40. The van der Waals surface area contributed by atoms with Gasteiger partial charge >= 0.3 is 0 Å². The number of allylic oxidation sites excluding steroid dienone is 1. The first-order valence-electron chi connectivity index (χ1n) is 13.0. The molecule has 1 rings (SSSR count). The van der Waals surface area contributed by atoms with Gasteiger partial charge in [0.1, 0.15) is 24.4 Å². The lowest BCUT2D eigenvalue weighted by Crippen LogP contribution is -2.60. The molecule has 0 spiro atoms. The van der Waals surface area contributed by atoms with Gasteiger partial charge in [-0.2, -0.15) is 0 Å². The largest absolute Gasteiger partial charge is 0.394 e. The second-order valence-corrected chi connectivity index (χ2v) is 10.2. The zero-order chi connectivity index (χ0) is 27.6. The van der Waals surface area contributed by atoms with Crippen LogP contribution in [0.1, 0.15) is 71.1 Å². The molecular formula is C26H43Cl2NO8. The van der Waals surface area contributed by atoms with Crippen LogP contribution in [0, 0.1) is 11.8 Å². The van der Waals surface area contributed by atoms with Crippen LogP contribution in [-0.4, -0.2) is 92.3 Å². The van der Waals surface area contributed by atoms with Crippen LogP contribution in [0.25, 0.3) is 0 Å². The number of alkyl halides is 2. The number of aliphatic hydroxyl groups is 5. The summed E-state index contributed by atoms with van der Waals surface area (Å²) < 4.78 is 10.7. The van der Waals surface area contributed by atoms with E-state index in [1.54, 1.807) is 6.08 Å². The van der Waals surface area contributed by atoms with Crippen molar-refractivity contribution < 1.29 is 39.8 Å². The topological polar surface area (TPSA) is 149 Å². The second-order valence-electron chi connectivity index (χ2n) is 9.13. The summed E-state index contributed by atoms with van der Waals surface area (Å²) in [5, 5.41) is 52.2. The van der Waals surface area contributed by atoms with E-state index in [1.165, 1.54) is 44.6 Å². The van der Waals surface area contributed by atoms with E-state index >= 15 is 0 Å². The predicted molar refractivity (Wildman–Crippen MR) is 142 cm³/mol. The van der Waals surface area contributed by atoms with Crippen molar-refractivity contribution >= 4 is 29.1 Å². The Morgan fingerprint density at radius 2 is 1.68 bits per heavy atom. The van der Waals surface area contributed by atoms with Crippen LogP contribution in [0.4, 0.5) is 0 Å². The summed E-state index contributed by atoms with van der Waals surface area (Å²) in [5.41, 5.74) is 0. The molecule has 37 heavy (non-hydrogen) atoms. The fourth-order valence-corrected chi connectivity index (χ4v) is 3.87. The van der Waals surface area contributed by atoms with Gasteiger partial charge in [-0.15, -0.1) is 11.8 Å². The molecule has 1 aliphatic heterocycles. The van der Waals surface area contributed by atoms with Crippen molar-refractivity contribution in [2.24, 2.45) is 0 Å². The number of hydrogen-bond donors (Lipinski definition) is 6. The number of nitrogens with one attached hydrogen (secondary N) is 1. The van der Waals surface area contributed by atoms with Gasteiger partial charge in [0.2, 0.25) is 0 Å². The number of rotatable bonds is 17. The molecule has 1 saturated heterocycles. The first-order chi connectivity index (χ1) is 17.7. The summed E-state index contributed by atoms with van der Waals surface area (Å²) in [7, 11) is 0. The Labute approximate surface area is 230 Å². The number of ether oxygens (including phenoxy) is 2. The van der Waals surface area contributed by atoms with E-state index in [4.69, 9.17) is 32.7 Å². The highest BCUT2D eigenvalue weighted by Gasteiger charge is 2.44. The Morgan fingerprint density at radius 1 is 1.03 bits per heavy atom. The Bertz CT molecular complexity index is 712. The van der Waals surface area contributed by atoms with E-state index in [9.17, 15) is 30.3 Å². The summed E-state index contributed by atoms with van der Waals surface area (Å²) in [4.78, 5) is 10.6. The minimum absolute atomic E-state index is 0.349. The van der Waals surface area contributed by atoms with Crippen LogP contribution in [0.15, 0.2) is 12.2 Å². The average Bonchev–Trinajstić information content (AvgIpc) is 2.88. The van der Waals surface area contributed by atoms with Crippen LogP contribution in [0.5, 0.6) is 0 Å². The molecule has 1 fully saturated rings. The van der Waals surface area contributed by atoms with Crippen molar-refractivity contribution in [1.82, 2.24) is 5.32 Å². The third-order valence-electron chi connectivity index (χ3n) is 6.03. The van der Waals surface area contributed by atoms with Crippen molar-refractivity contribution in [2.75, 3.05) is 13.2 Å². The molecule has 0 aromatic rings. The van der Waals surface area contributed by atoms with E-state index in [2.05, 4.69) is 24.1 Å². The maximum atomic E-state index is 12.0. The zero-order valence-electron chi connectivity index (χ0n) is 21.5. The molecule has 1 amide bonds. The molecule has 7 atom stereocenters. The molecule has 9 nitrogen and oxygen atoms in total. The number of unbranched alkanes of at least 4 members (excludes halogenated alkanes) is 8. The molecule has 1 aliphatic rings. The molecule has 0 aliphatic carbocycles. The summed E-state index contributed by atoms with van der Waals surface area (Å²) >= 11 is 11.2. The summed E-state index contributed by atoms with van der Waals surface area (Å²) in [6, 6.07) is -1.01. The molecule has 1 heterocycles. The predicted octanol–water partition coefficient (Wildman–Crippen LogP) is 1.93. The maximum Gasteiger partial charge on any atom is 0.253 e. The van der Waals surface area contributed by atoms with E-state index in [-0.39, 0.29) is 6.61 Å². The molecular weight excluding hydrogens is 525 g/mol. The first-order valence-corrected chi connectivity index (χ1v) is 13.9. The van der Waals surface area contributed by atoms with E-state index in [1.807, 2.05) is 0 Å². The number of carbonyl (C=O) groups excluding carboxylic acids is 1. The van der Waals surface area contributed by atoms with Gasteiger partial charge < -0.3 is 40.3 Å². The van der Waals surface area contributed by atoms with E-state index in [0.29, 0.717) is 12.8 Å². The van der Waals surface area contributed by atoms with Gasteiger partial charge in [0.15, 0.2) is 11.1 Å². The quantitative estimate of drug-likeness (QED) is 0.0675. The van der Waals surface area contributed by atoms with Gasteiger partial charge in [0, 0.05) is 12.8 Å². The lowest BCUT2D eigenvalue weighted by molar-refractivity contribution is -0.302. The van der Waals surface area contributed by atoms with Crippen LogP contribution in [-0.2, 0) is 14.3 Å². The number of carbonyl (C=O) groups is 1. The number of hydrogen-bond acceptors (Lipinski definition) is 8. The van der Waals surface area contributed by atoms with Gasteiger partial charge in [-0.1, -0.05) is 80.8 Å². The van der Waals surface area contributed by atoms with Crippen LogP contribution >= 0.6 is 23.2 Å². The minimum Gasteiger partial charge on any atom is -0.394 e. The van der Waals surface area contributed by atoms with Crippen LogP contribution in [0.2, 0.25) is 0 Å². The first kappa shape index (κ1) is 34.1. The highest BCUT2D eigenvalue weighted by molar-refractivity contribution is 6.53. The third kappa shape index (κ3) is 13.6. The molecule has 0 aromatic carbocycles. The van der Waals surface area contributed by atoms with Crippen LogP contribution in [0.3, 0.4) is 0 Å². The Hall–Kier alpha value is -0.930. The molecule has 0 saturated carbocycles. The summed E-state index contributed by atoms with van der Waals surface area (Å²) in [5.74, 6) is 5.53. The molecule has 0 bridgehead atoms. The smallest absolute Gasteiger partial charge is 0.253 e. The molecule has 11 heteroatoms. The van der Waals surface area contributed by atoms with Crippen molar-refractivity contribution in [3.05, 3.63) is 12.2 Å². The SMILES string of the molecule is CCCCCCCCCC#CCC/C=C/[C@@H](O)[C@H](CO[C@@H]1O[C@H](CO)[C@@H](O)[C@H](O)[C@H]1O)NC(=O)C(Cl)Cl. The summed E-state index contributed by atoms with van der Waals surface area (Å²) in [6.07, 6.45) is 5.53. The van der Waals surface area contributed by atoms with Gasteiger partial charge in [0.25, 0.3) is 5.91 Å². The van der Waals surface area contributed by atoms with Crippen molar-refractivity contribution in [3.63, 3.8) is 0 Å². The Kier molecular flexibility index (Phi) is 18.5. The summed E-state index contributed by atoms with van der Waals surface area (Å²) in [6.45, 7) is 1.25. The standard InChI is InChI=1S/C26H43Cl2NO8/c1-2-3-4-5-6-7-8-9-10-11-12-13-14-15-19(31)18(29-25(35)24(27)28)17-36-26-23(34)22(33)21(32)20(16-30)37-26/h14-15,18-24,26,30-34H,2-9,12-13,16-17H2,1H3,(H,29,35)/b15-14+/t18-,19+,20+,21+,22-,23+,26+/m0/s1. The maximum absolute atomic E-state index is 12.0. The van der Waals surface area contributed by atoms with Crippen LogP contribution < -0.4 is 5.32 Å². The van der Waals surface area contributed by atoms with E-state index in [0.717, 1.165) is 12.8 Å². The normalized spacial score (nSPS) is 25.6. The molecule has 6 N–H and O–H groups in total. The Balaban J connectivity index is 2.50. The highest BCUT2D eigenvalue weighted by Crippen LogP contribution is 2.22. The monoisotopic (exact) mass is 567 g/mol. The third-order valence-corrected chi connectivity index (χ3v) is 6.42. The fourth-order valence-electron chi connectivity index (χ4n) is 3.75. The molecule has 0 radical (unpaired) electrons. The van der Waals surface area contributed by atoms with Gasteiger partial charge in [-0.3, -0.25) is 4.79 Å². The minimum atomic E-state index is -1.62. The average molecular weight is 569 g/mol. The number of halogens is 2. The lowest BCUT2D eigenvalue weighted by atomic mass is 9.99. The van der Waals surface area contributed by atoms with Gasteiger partial charge in [0.05, 0.1) is 25.4 Å². The number of amides is 1. The van der Waals surface area contributed by atoms with Crippen molar-refractivity contribution in [1.29, 1.82) is 0 Å². The second kappa shape index (κ2) is 20.0. The van der Waals surface area contributed by atoms with Crippen molar-refractivity contribution in [2.45, 2.75) is 119 Å². The molecule has 0 unspecified atom stereocenters. The van der Waals surface area contributed by atoms with Gasteiger partial charge in [-0.25, -0.2) is 0 Å². The van der Waals surface area contributed by atoms with Gasteiger partial charge in [-0.05, 0) is 12.8 Å². The molecule has 0 aromatic heterocycles. The molecule has 214 valence electrons. The number of aliphatic hydroxyl groups excluding tert-OH is 5. The zero-order valence-corrected chi connectivity index (χ0v) is 23.0. The highest BCUT2D eigenvalue weighted by atomic mass is 35.5. The Morgan fingerprint density at radius 3 is 2.32 bits per heavy atom. The fraction of sp³-hybridized carbons (Fsp3) is 0.808.